The summed E-state index contributed by atoms with van der Waals surface area (Å²) in [6, 6.07) is 0.701. The normalized spacial score (nSPS) is 24.0. The van der Waals surface area contributed by atoms with E-state index < -0.39 is 0 Å². The van der Waals surface area contributed by atoms with Crippen molar-refractivity contribution in [1.29, 1.82) is 0 Å². The summed E-state index contributed by atoms with van der Waals surface area (Å²) in [4.78, 5) is 0. The van der Waals surface area contributed by atoms with Gasteiger partial charge in [0.05, 0.1) is 0 Å². The van der Waals surface area contributed by atoms with E-state index in [9.17, 15) is 0 Å². The Morgan fingerprint density at radius 3 is 2.55 bits per heavy atom. The molecule has 4 nitrogen and oxygen atoms in total. The molecule has 0 unspecified atom stereocenters. The largest absolute Gasteiger partial charge is 0.321 e. The molecule has 1 N–H and O–H groups in total. The monoisotopic (exact) mass is 278 g/mol. The molecule has 1 saturated carbocycles. The highest BCUT2D eigenvalue weighted by Gasteiger charge is 2.31. The van der Waals surface area contributed by atoms with Gasteiger partial charge in [-0.1, -0.05) is 27.2 Å². The highest BCUT2D eigenvalue weighted by molar-refractivity contribution is 4.88. The van der Waals surface area contributed by atoms with Crippen molar-refractivity contribution >= 4 is 0 Å². The van der Waals surface area contributed by atoms with Crippen LogP contribution in [0.5, 0.6) is 0 Å². The Bertz CT molecular complexity index is 402. The lowest BCUT2D eigenvalue weighted by atomic mass is 9.69. The predicted octanol–water partition coefficient (Wildman–Crippen LogP) is 2.94. The fourth-order valence-electron chi connectivity index (χ4n) is 3.29. The summed E-state index contributed by atoms with van der Waals surface area (Å²) in [5.41, 5.74) is 0.517. The van der Waals surface area contributed by atoms with E-state index in [1.807, 2.05) is 11.6 Å². The molecule has 1 aliphatic carbocycles. The van der Waals surface area contributed by atoms with Crippen molar-refractivity contribution < 1.29 is 0 Å². The molecule has 20 heavy (non-hydrogen) atoms. The first kappa shape index (κ1) is 15.5. The van der Waals surface area contributed by atoms with Gasteiger partial charge >= 0.3 is 0 Å². The van der Waals surface area contributed by atoms with Gasteiger partial charge in [-0.25, -0.2) is 0 Å². The molecule has 1 aromatic heterocycles. The third kappa shape index (κ3) is 3.81. The van der Waals surface area contributed by atoms with Crippen molar-refractivity contribution in [3.8, 4) is 0 Å². The number of hydrogen-bond acceptors (Lipinski definition) is 3. The number of aromatic nitrogens is 3. The lowest BCUT2D eigenvalue weighted by Crippen LogP contribution is -2.37. The van der Waals surface area contributed by atoms with Gasteiger partial charge in [0.25, 0.3) is 0 Å². The molecule has 0 saturated heterocycles. The Hall–Kier alpha value is -0.900. The second-order valence-corrected chi connectivity index (χ2v) is 6.95. The van der Waals surface area contributed by atoms with Gasteiger partial charge in [-0.2, -0.15) is 0 Å². The molecule has 1 heterocycles. The molecule has 1 aliphatic rings. The molecule has 2 rings (SSSR count). The minimum Gasteiger partial charge on any atom is -0.321 e. The first-order chi connectivity index (χ1) is 9.53. The summed E-state index contributed by atoms with van der Waals surface area (Å²) in [7, 11) is 2.01. The fourth-order valence-corrected chi connectivity index (χ4v) is 3.29. The van der Waals surface area contributed by atoms with Crippen molar-refractivity contribution in [3.63, 3.8) is 0 Å². The van der Waals surface area contributed by atoms with E-state index in [0.717, 1.165) is 24.7 Å². The van der Waals surface area contributed by atoms with Gasteiger partial charge < -0.3 is 9.88 Å². The van der Waals surface area contributed by atoms with Crippen LogP contribution in [0.3, 0.4) is 0 Å². The van der Waals surface area contributed by atoms with Crippen LogP contribution in [0.15, 0.2) is 6.33 Å². The number of hydrogen-bond donors (Lipinski definition) is 1. The molecule has 1 aromatic rings. The van der Waals surface area contributed by atoms with Crippen molar-refractivity contribution in [2.75, 3.05) is 6.54 Å². The van der Waals surface area contributed by atoms with Gasteiger partial charge in [-0.3, -0.25) is 0 Å². The zero-order valence-corrected chi connectivity index (χ0v) is 13.5. The summed E-state index contributed by atoms with van der Waals surface area (Å²) in [5, 5.41) is 11.7. The van der Waals surface area contributed by atoms with Gasteiger partial charge in [0.15, 0.2) is 0 Å². The van der Waals surface area contributed by atoms with Gasteiger partial charge in [0, 0.05) is 26.1 Å². The summed E-state index contributed by atoms with van der Waals surface area (Å²) >= 11 is 0. The molecule has 4 heteroatoms. The maximum absolute atomic E-state index is 4.13. The van der Waals surface area contributed by atoms with Crippen LogP contribution in [-0.2, 0) is 13.5 Å². The van der Waals surface area contributed by atoms with E-state index in [-0.39, 0.29) is 0 Å². The maximum Gasteiger partial charge on any atom is 0.133 e. The lowest BCUT2D eigenvalue weighted by Gasteiger charge is -2.39. The number of rotatable bonds is 6. The summed E-state index contributed by atoms with van der Waals surface area (Å²) in [6.45, 7) is 8.20. The Balaban J connectivity index is 1.69. The van der Waals surface area contributed by atoms with Gasteiger partial charge in [-0.15, -0.1) is 10.2 Å². The van der Waals surface area contributed by atoms with E-state index in [1.54, 1.807) is 6.33 Å². The topological polar surface area (TPSA) is 42.7 Å². The summed E-state index contributed by atoms with van der Waals surface area (Å²) in [6.07, 6.45) is 9.44. The van der Waals surface area contributed by atoms with Crippen LogP contribution in [0.25, 0.3) is 0 Å². The van der Waals surface area contributed by atoms with Crippen LogP contribution in [0, 0.1) is 11.3 Å². The average Bonchev–Trinajstić information content (AvgIpc) is 2.85. The van der Waals surface area contributed by atoms with Gasteiger partial charge in [0.2, 0.25) is 0 Å². The van der Waals surface area contributed by atoms with E-state index in [0.29, 0.717) is 11.5 Å². The molecule has 0 spiro atoms. The summed E-state index contributed by atoms with van der Waals surface area (Å²) < 4.78 is 2.00. The third-order valence-electron chi connectivity index (χ3n) is 5.33. The minimum absolute atomic E-state index is 0.517. The van der Waals surface area contributed by atoms with E-state index >= 15 is 0 Å². The molecule has 1 fully saturated rings. The van der Waals surface area contributed by atoms with Crippen molar-refractivity contribution in [1.82, 2.24) is 20.1 Å². The van der Waals surface area contributed by atoms with E-state index in [4.69, 9.17) is 0 Å². The number of nitrogens with one attached hydrogen (secondary N) is 1. The van der Waals surface area contributed by atoms with Gasteiger partial charge in [0.1, 0.15) is 12.2 Å². The molecule has 0 aliphatic heterocycles. The highest BCUT2D eigenvalue weighted by Crippen LogP contribution is 2.40. The molecule has 114 valence electrons. The average molecular weight is 278 g/mol. The predicted molar refractivity (Wildman–Crippen MR) is 82.5 cm³/mol. The Morgan fingerprint density at radius 1 is 1.30 bits per heavy atom. The molecular weight excluding hydrogens is 248 g/mol. The molecule has 0 amide bonds. The molecule has 0 radical (unpaired) electrons. The minimum atomic E-state index is 0.517. The SMILES string of the molecule is CCC(C)(C)C1CCC(NCCc2nncn2C)CC1. The second kappa shape index (κ2) is 6.70. The van der Waals surface area contributed by atoms with E-state index in [1.165, 1.54) is 32.1 Å². The van der Waals surface area contributed by atoms with Crippen LogP contribution in [0.4, 0.5) is 0 Å². The van der Waals surface area contributed by atoms with Crippen LogP contribution in [0.1, 0.15) is 58.7 Å². The van der Waals surface area contributed by atoms with Crippen LogP contribution >= 0.6 is 0 Å². The zero-order valence-electron chi connectivity index (χ0n) is 13.5. The first-order valence-corrected chi connectivity index (χ1v) is 8.09. The summed E-state index contributed by atoms with van der Waals surface area (Å²) in [5.74, 6) is 1.97. The fraction of sp³-hybridized carbons (Fsp3) is 0.875. The highest BCUT2D eigenvalue weighted by atomic mass is 15.2. The van der Waals surface area contributed by atoms with Crippen molar-refractivity contribution in [3.05, 3.63) is 12.2 Å². The molecule has 0 atom stereocenters. The zero-order chi connectivity index (χ0) is 14.6. The Kier molecular flexibility index (Phi) is 5.19. The number of aryl methyl sites for hydroxylation is 1. The lowest BCUT2D eigenvalue weighted by molar-refractivity contribution is 0.137. The molecule has 0 bridgehead atoms. The Labute approximate surface area is 123 Å². The Morgan fingerprint density at radius 2 is 2.00 bits per heavy atom. The first-order valence-electron chi connectivity index (χ1n) is 8.09. The van der Waals surface area contributed by atoms with Gasteiger partial charge in [-0.05, 0) is 37.0 Å². The van der Waals surface area contributed by atoms with Crippen LogP contribution in [0.2, 0.25) is 0 Å². The van der Waals surface area contributed by atoms with Crippen LogP contribution < -0.4 is 5.32 Å². The van der Waals surface area contributed by atoms with E-state index in [2.05, 4.69) is 36.3 Å². The standard InChI is InChI=1S/C16H30N4/c1-5-16(2,3)13-6-8-14(9-7-13)17-11-10-15-19-18-12-20(15)4/h12-14,17H,5-11H2,1-4H3. The number of nitrogens with zero attached hydrogens (tertiary/aromatic N) is 3. The second-order valence-electron chi connectivity index (χ2n) is 6.95. The molecule has 0 aromatic carbocycles. The van der Waals surface area contributed by atoms with Crippen LogP contribution in [-0.4, -0.2) is 27.4 Å². The van der Waals surface area contributed by atoms with Crippen molar-refractivity contribution in [2.45, 2.75) is 65.3 Å². The third-order valence-corrected chi connectivity index (χ3v) is 5.33. The molecular formula is C16H30N4. The smallest absolute Gasteiger partial charge is 0.133 e. The quantitative estimate of drug-likeness (QED) is 0.870. The van der Waals surface area contributed by atoms with Crippen molar-refractivity contribution in [2.24, 2.45) is 18.4 Å². The maximum atomic E-state index is 4.13.